The fourth-order valence-electron chi connectivity index (χ4n) is 3.20. The SMILES string of the molecule is O=C(O)c1ccccc1CC1CCN(C(=O)CNS(=O)(=O)c2cccs2)C1.O=CO. The number of amides is 1. The van der Waals surface area contributed by atoms with E-state index in [9.17, 15) is 23.1 Å². The van der Waals surface area contributed by atoms with Crippen molar-refractivity contribution in [1.29, 1.82) is 0 Å². The van der Waals surface area contributed by atoms with Crippen LogP contribution in [-0.2, 0) is 26.0 Å². The summed E-state index contributed by atoms with van der Waals surface area (Å²) in [6.45, 7) is 0.506. The topological polar surface area (TPSA) is 141 Å². The number of aromatic carboxylic acids is 1. The Kier molecular flexibility index (Phi) is 8.51. The van der Waals surface area contributed by atoms with Crippen LogP contribution >= 0.6 is 11.3 Å². The highest BCUT2D eigenvalue weighted by molar-refractivity contribution is 7.91. The first kappa shape index (κ1) is 23.5. The van der Waals surface area contributed by atoms with Crippen molar-refractivity contribution >= 4 is 39.7 Å². The van der Waals surface area contributed by atoms with Crippen molar-refractivity contribution in [3.8, 4) is 0 Å². The molecule has 0 bridgehead atoms. The van der Waals surface area contributed by atoms with E-state index in [-0.39, 0.29) is 34.6 Å². The highest BCUT2D eigenvalue weighted by Crippen LogP contribution is 2.23. The van der Waals surface area contributed by atoms with Gasteiger partial charge in [0.05, 0.1) is 12.1 Å². The molecule has 1 aliphatic rings. The number of carbonyl (C=O) groups is 3. The van der Waals surface area contributed by atoms with Crippen LogP contribution in [0.1, 0.15) is 22.3 Å². The van der Waals surface area contributed by atoms with Gasteiger partial charge in [0.1, 0.15) is 4.21 Å². The zero-order valence-corrected chi connectivity index (χ0v) is 17.6. The van der Waals surface area contributed by atoms with Crippen molar-refractivity contribution < 1.29 is 33.0 Å². The molecule has 1 aliphatic heterocycles. The van der Waals surface area contributed by atoms with Gasteiger partial charge in [-0.2, -0.15) is 0 Å². The van der Waals surface area contributed by atoms with Gasteiger partial charge in [-0.1, -0.05) is 24.3 Å². The van der Waals surface area contributed by atoms with Gasteiger partial charge >= 0.3 is 5.97 Å². The van der Waals surface area contributed by atoms with Gasteiger partial charge < -0.3 is 15.1 Å². The van der Waals surface area contributed by atoms with Crippen LogP contribution in [0, 0.1) is 5.92 Å². The van der Waals surface area contributed by atoms with Crippen LogP contribution in [-0.4, -0.2) is 61.5 Å². The molecule has 0 saturated carbocycles. The molecular weight excluding hydrogens is 432 g/mol. The number of thiophene rings is 1. The molecule has 0 spiro atoms. The molecule has 1 fully saturated rings. The van der Waals surface area contributed by atoms with E-state index in [1.54, 1.807) is 40.6 Å². The first-order valence-corrected chi connectivity index (χ1v) is 11.3. The lowest BCUT2D eigenvalue weighted by molar-refractivity contribution is -0.129. The molecule has 30 heavy (non-hydrogen) atoms. The van der Waals surface area contributed by atoms with Gasteiger partial charge in [-0.25, -0.2) is 17.9 Å². The second-order valence-corrected chi connectivity index (χ2v) is 9.46. The van der Waals surface area contributed by atoms with E-state index in [2.05, 4.69) is 4.72 Å². The first-order chi connectivity index (χ1) is 14.3. The van der Waals surface area contributed by atoms with E-state index in [4.69, 9.17) is 9.90 Å². The first-order valence-electron chi connectivity index (χ1n) is 8.98. The van der Waals surface area contributed by atoms with Gasteiger partial charge in [-0.05, 0) is 41.8 Å². The molecular formula is C19H22N2O7S2. The number of sulfonamides is 1. The molecule has 1 aromatic heterocycles. The van der Waals surface area contributed by atoms with Crippen LogP contribution in [0.15, 0.2) is 46.0 Å². The normalized spacial score (nSPS) is 15.9. The number of likely N-dealkylation sites (tertiary alicyclic amines) is 1. The third-order valence-electron chi connectivity index (χ3n) is 4.57. The monoisotopic (exact) mass is 454 g/mol. The summed E-state index contributed by atoms with van der Waals surface area (Å²) in [5.41, 5.74) is 1.04. The molecule has 1 unspecified atom stereocenters. The molecule has 3 N–H and O–H groups in total. The van der Waals surface area contributed by atoms with Crippen molar-refractivity contribution in [2.24, 2.45) is 5.92 Å². The van der Waals surface area contributed by atoms with Crippen LogP contribution in [0.25, 0.3) is 0 Å². The van der Waals surface area contributed by atoms with Crippen LogP contribution in [0.4, 0.5) is 0 Å². The third-order valence-corrected chi connectivity index (χ3v) is 7.37. The lowest BCUT2D eigenvalue weighted by Gasteiger charge is -2.17. The highest BCUT2D eigenvalue weighted by Gasteiger charge is 2.28. The maximum absolute atomic E-state index is 12.3. The average Bonchev–Trinajstić information content (AvgIpc) is 3.40. The lowest BCUT2D eigenvalue weighted by atomic mass is 9.95. The Labute approximate surface area is 178 Å². The Morgan fingerprint density at radius 1 is 1.23 bits per heavy atom. The largest absolute Gasteiger partial charge is 0.483 e. The summed E-state index contributed by atoms with van der Waals surface area (Å²) in [5, 5.41) is 17.8. The van der Waals surface area contributed by atoms with E-state index < -0.39 is 16.0 Å². The summed E-state index contributed by atoms with van der Waals surface area (Å²) >= 11 is 1.10. The number of nitrogens with one attached hydrogen (secondary N) is 1. The molecule has 2 heterocycles. The minimum atomic E-state index is -3.66. The Bertz CT molecular complexity index is 975. The molecule has 11 heteroatoms. The zero-order chi connectivity index (χ0) is 22.1. The summed E-state index contributed by atoms with van der Waals surface area (Å²) in [4.78, 5) is 33.6. The van der Waals surface area contributed by atoms with Crippen molar-refractivity contribution in [1.82, 2.24) is 9.62 Å². The van der Waals surface area contributed by atoms with Crippen LogP contribution < -0.4 is 4.72 Å². The van der Waals surface area contributed by atoms with E-state index in [1.807, 2.05) is 0 Å². The van der Waals surface area contributed by atoms with E-state index >= 15 is 0 Å². The molecule has 1 aromatic carbocycles. The van der Waals surface area contributed by atoms with Crippen LogP contribution in [0.2, 0.25) is 0 Å². The lowest BCUT2D eigenvalue weighted by Crippen LogP contribution is -2.39. The molecule has 9 nitrogen and oxygen atoms in total. The molecule has 3 rings (SSSR count). The Balaban J connectivity index is 0.00000101. The molecule has 1 saturated heterocycles. The maximum Gasteiger partial charge on any atom is 0.335 e. The molecule has 2 aromatic rings. The standard InChI is InChI=1S/C18H20N2O5S2.CH2O2/c21-16(11-19-27(24,25)17-6-3-9-26-17)20-8-7-13(12-20)10-14-4-1-2-5-15(14)18(22)23;2-1-3/h1-6,9,13,19H,7-8,10-12H2,(H,22,23);1H,(H,2,3). The second-order valence-electron chi connectivity index (χ2n) is 6.52. The van der Waals surface area contributed by atoms with Crippen molar-refractivity contribution in [3.05, 3.63) is 52.9 Å². The number of nitrogens with zero attached hydrogens (tertiary/aromatic N) is 1. The van der Waals surface area contributed by atoms with Crippen molar-refractivity contribution in [3.63, 3.8) is 0 Å². The molecule has 0 radical (unpaired) electrons. The quantitative estimate of drug-likeness (QED) is 0.539. The number of carbonyl (C=O) groups excluding carboxylic acids is 1. The fourth-order valence-corrected chi connectivity index (χ4v) is 5.21. The summed E-state index contributed by atoms with van der Waals surface area (Å²) in [6.07, 6.45) is 1.34. The number of carboxylic acids is 1. The minimum Gasteiger partial charge on any atom is -0.483 e. The Hall–Kier alpha value is -2.76. The fraction of sp³-hybridized carbons (Fsp3) is 0.316. The predicted molar refractivity (Wildman–Crippen MR) is 110 cm³/mol. The number of rotatable bonds is 7. The third kappa shape index (κ3) is 6.37. The molecule has 1 amide bonds. The number of carboxylic acid groups (broad SMARTS) is 2. The highest BCUT2D eigenvalue weighted by atomic mass is 32.2. The smallest absolute Gasteiger partial charge is 0.335 e. The average molecular weight is 455 g/mol. The predicted octanol–water partition coefficient (Wildman–Crippen LogP) is 1.52. The maximum atomic E-state index is 12.3. The van der Waals surface area contributed by atoms with Crippen molar-refractivity contribution in [2.45, 2.75) is 17.1 Å². The van der Waals surface area contributed by atoms with Gasteiger partial charge in [0.25, 0.3) is 16.5 Å². The summed E-state index contributed by atoms with van der Waals surface area (Å²) in [7, 11) is -3.66. The molecule has 0 aliphatic carbocycles. The zero-order valence-electron chi connectivity index (χ0n) is 15.9. The van der Waals surface area contributed by atoms with Crippen LogP contribution in [0.3, 0.4) is 0 Å². The number of benzene rings is 1. The van der Waals surface area contributed by atoms with E-state index in [0.717, 1.165) is 23.3 Å². The van der Waals surface area contributed by atoms with E-state index in [1.165, 1.54) is 6.07 Å². The van der Waals surface area contributed by atoms with Crippen LogP contribution in [0.5, 0.6) is 0 Å². The summed E-state index contributed by atoms with van der Waals surface area (Å²) in [5.74, 6) is -1.08. The van der Waals surface area contributed by atoms with Crippen molar-refractivity contribution in [2.75, 3.05) is 19.6 Å². The van der Waals surface area contributed by atoms with Gasteiger partial charge in [0.2, 0.25) is 5.91 Å². The molecule has 1 atom stereocenters. The summed E-state index contributed by atoms with van der Waals surface area (Å²) in [6, 6.07) is 10.00. The minimum absolute atomic E-state index is 0.156. The number of hydrogen-bond donors (Lipinski definition) is 3. The van der Waals surface area contributed by atoms with Gasteiger partial charge in [-0.15, -0.1) is 11.3 Å². The summed E-state index contributed by atoms with van der Waals surface area (Å²) < 4.78 is 26.7. The van der Waals surface area contributed by atoms with Gasteiger partial charge in [0.15, 0.2) is 0 Å². The number of hydrogen-bond acceptors (Lipinski definition) is 6. The van der Waals surface area contributed by atoms with Gasteiger partial charge in [-0.3, -0.25) is 9.59 Å². The van der Waals surface area contributed by atoms with E-state index in [0.29, 0.717) is 19.5 Å². The van der Waals surface area contributed by atoms with Gasteiger partial charge in [0, 0.05) is 13.1 Å². The Morgan fingerprint density at radius 2 is 1.93 bits per heavy atom. The molecule has 162 valence electrons. The Morgan fingerprint density at radius 3 is 2.57 bits per heavy atom. The second kappa shape index (κ2) is 10.9.